The molecule has 1 atom stereocenters. The van der Waals surface area contributed by atoms with Crippen LogP contribution in [0.25, 0.3) is 0 Å². The van der Waals surface area contributed by atoms with Gasteiger partial charge in [0.2, 0.25) is 0 Å². The molecule has 0 saturated carbocycles. The monoisotopic (exact) mass is 434 g/mol. The average molecular weight is 436 g/mol. The number of halogens is 3. The summed E-state index contributed by atoms with van der Waals surface area (Å²) in [5, 5.41) is 1.61. The van der Waals surface area contributed by atoms with E-state index in [1.165, 1.54) is 31.7 Å². The second-order valence-electron chi connectivity index (χ2n) is 7.28. The van der Waals surface area contributed by atoms with Crippen LogP contribution in [-0.4, -0.2) is 8.07 Å². The topological polar surface area (TPSA) is 0 Å². The third-order valence-electron chi connectivity index (χ3n) is 5.42. The number of benzene rings is 1. The molecule has 3 rings (SSSR count). The van der Waals surface area contributed by atoms with Crippen LogP contribution in [0.3, 0.4) is 0 Å². The molecule has 130 valence electrons. The molecule has 5 heteroatoms. The van der Waals surface area contributed by atoms with Gasteiger partial charge in [0.25, 0.3) is 0 Å². The van der Waals surface area contributed by atoms with Crippen LogP contribution in [0, 0.1) is 5.92 Å². The molecule has 0 aliphatic heterocycles. The maximum absolute atomic E-state index is 2.55. The van der Waals surface area contributed by atoms with Gasteiger partial charge in [0.1, 0.15) is 0 Å². The Hall–Kier alpha value is 0.501. The molecule has 0 saturated heterocycles. The van der Waals surface area contributed by atoms with Crippen molar-refractivity contribution in [3.63, 3.8) is 0 Å². The molecular weight excluding hydrogens is 411 g/mol. The van der Waals surface area contributed by atoms with Crippen LogP contribution in [-0.2, 0) is 20.4 Å². The van der Waals surface area contributed by atoms with Crippen molar-refractivity contribution in [2.24, 2.45) is 5.92 Å². The van der Waals surface area contributed by atoms with Gasteiger partial charge in [-0.25, -0.2) is 0 Å². The van der Waals surface area contributed by atoms with Crippen LogP contribution >= 0.6 is 0 Å². The Balaban J connectivity index is 0.00000176. The molecule has 0 fully saturated rings. The first kappa shape index (κ1) is 24.5. The quantitative estimate of drug-likeness (QED) is 0.424. The maximum Gasteiger partial charge on any atom is -1.00 e. The van der Waals surface area contributed by atoms with E-state index in [0.29, 0.717) is 0 Å². The molecule has 1 aromatic rings. The third-order valence-corrected chi connectivity index (χ3v) is 9.83. The second kappa shape index (κ2) is 10.00. The first-order valence-corrected chi connectivity index (χ1v) is 12.2. The van der Waals surface area contributed by atoms with Gasteiger partial charge in [0.05, 0.1) is 0 Å². The van der Waals surface area contributed by atoms with Gasteiger partial charge in [-0.2, -0.15) is 0 Å². The van der Waals surface area contributed by atoms with Crippen LogP contribution in [0.5, 0.6) is 0 Å². The van der Waals surface area contributed by atoms with Crippen molar-refractivity contribution in [2.45, 2.75) is 51.7 Å². The molecule has 1 unspecified atom stereocenters. The summed E-state index contributed by atoms with van der Waals surface area (Å²) >= 11 is 2.37. The fourth-order valence-corrected chi connectivity index (χ4v) is 7.69. The van der Waals surface area contributed by atoms with E-state index >= 15 is 0 Å². The molecule has 0 amide bonds. The van der Waals surface area contributed by atoms with Crippen LogP contribution in [0.1, 0.15) is 32.6 Å². The molecule has 0 radical (unpaired) electrons. The van der Waals surface area contributed by atoms with Gasteiger partial charge in [0.15, 0.2) is 0 Å². The van der Waals surface area contributed by atoms with E-state index in [1.54, 1.807) is 20.2 Å². The van der Waals surface area contributed by atoms with Gasteiger partial charge >= 0.3 is 142 Å². The Labute approximate surface area is 178 Å². The van der Waals surface area contributed by atoms with Crippen molar-refractivity contribution in [1.29, 1.82) is 0 Å². The van der Waals surface area contributed by atoms with Crippen molar-refractivity contribution in [2.75, 3.05) is 0 Å². The Morgan fingerprint density at radius 1 is 1.00 bits per heavy atom. The van der Waals surface area contributed by atoms with Gasteiger partial charge in [-0.05, 0) is 0 Å². The van der Waals surface area contributed by atoms with Crippen LogP contribution in [0.2, 0.25) is 19.1 Å². The Kier molecular flexibility index (Phi) is 10.2. The van der Waals surface area contributed by atoms with Gasteiger partial charge < -0.3 is 37.2 Å². The molecule has 24 heavy (non-hydrogen) atoms. The van der Waals surface area contributed by atoms with E-state index in [4.69, 9.17) is 0 Å². The van der Waals surface area contributed by atoms with Crippen molar-refractivity contribution < 1.29 is 57.7 Å². The summed E-state index contributed by atoms with van der Waals surface area (Å²) in [5.74, 6) is 0.752. The van der Waals surface area contributed by atoms with E-state index in [-0.39, 0.29) is 37.2 Å². The summed E-state index contributed by atoms with van der Waals surface area (Å²) in [6.45, 7) is 7.49. The van der Waals surface area contributed by atoms with Crippen LogP contribution in [0.4, 0.5) is 0 Å². The molecule has 2 aliphatic rings. The smallest absolute Gasteiger partial charge is 1.00 e. The summed E-state index contributed by atoms with van der Waals surface area (Å²) in [5.41, 5.74) is 5.23. The predicted octanol–water partition coefficient (Wildman–Crippen LogP) is -4.06. The molecule has 0 spiro atoms. The van der Waals surface area contributed by atoms with Gasteiger partial charge in [-0.3, -0.25) is 0 Å². The first-order valence-electron chi connectivity index (χ1n) is 8.21. The normalized spacial score (nSPS) is 20.0. The number of hydrogen-bond donors (Lipinski definition) is 0. The standard InChI is InChI=1S/C19H25Si.3ClH.Ti/c1-15-13-16-9-7-8-12-18(16)19(15)14-20(2,3)17-10-5-4-6-11-17;;;;/h4-6,10-11,19H,7-9,12,14H2,1-3H3;3*1H;/q;;;;+3/p-3. The summed E-state index contributed by atoms with van der Waals surface area (Å²) in [6, 6.07) is 12.6. The maximum atomic E-state index is 2.55. The summed E-state index contributed by atoms with van der Waals surface area (Å²) in [4.78, 5) is 0. The molecule has 0 aromatic heterocycles. The van der Waals surface area contributed by atoms with E-state index < -0.39 is 8.07 Å². The summed E-state index contributed by atoms with van der Waals surface area (Å²) < 4.78 is 1.63. The van der Waals surface area contributed by atoms with E-state index in [1.807, 2.05) is 5.57 Å². The van der Waals surface area contributed by atoms with E-state index in [9.17, 15) is 0 Å². The third kappa shape index (κ3) is 4.81. The predicted molar refractivity (Wildman–Crippen MR) is 90.0 cm³/mol. The summed E-state index contributed by atoms with van der Waals surface area (Å²) in [7, 11) is -1.36. The molecule has 1 aromatic carbocycles. The SMILES string of the molecule is CC1=[C]([Ti+3])C2=C(CCCC2)C1C[Si](C)(C)c1ccccc1.[Cl-].[Cl-].[Cl-]. The fourth-order valence-electron chi connectivity index (χ4n) is 4.07. The number of hydrogen-bond acceptors (Lipinski definition) is 0. The molecule has 0 N–H and O–H groups in total. The minimum absolute atomic E-state index is 0. The Bertz CT molecular complexity index is 608. The van der Waals surface area contributed by atoms with Crippen molar-refractivity contribution in [1.82, 2.24) is 0 Å². The minimum atomic E-state index is -1.36. The first-order chi connectivity index (χ1) is 10.0. The zero-order valence-electron chi connectivity index (χ0n) is 14.6. The summed E-state index contributed by atoms with van der Waals surface area (Å²) in [6.07, 6.45) is 5.50. The molecule has 2 aliphatic carbocycles. The molecule has 0 bridgehead atoms. The largest absolute Gasteiger partial charge is 1.00 e. The van der Waals surface area contributed by atoms with Crippen molar-refractivity contribution in [3.05, 3.63) is 50.9 Å². The zero-order valence-corrected chi connectivity index (χ0v) is 19.5. The van der Waals surface area contributed by atoms with Crippen LogP contribution in [0.15, 0.2) is 50.9 Å². The van der Waals surface area contributed by atoms with Gasteiger partial charge in [-0.15, -0.1) is 0 Å². The van der Waals surface area contributed by atoms with E-state index in [2.05, 4.69) is 70.8 Å². The van der Waals surface area contributed by atoms with Gasteiger partial charge in [-0.1, -0.05) is 0 Å². The van der Waals surface area contributed by atoms with Crippen molar-refractivity contribution >= 4 is 13.3 Å². The zero-order chi connectivity index (χ0) is 15.0. The Morgan fingerprint density at radius 2 is 1.58 bits per heavy atom. The molecule has 0 heterocycles. The second-order valence-corrected chi connectivity index (χ2v) is 12.8. The average Bonchev–Trinajstić information content (AvgIpc) is 2.74. The molecule has 0 nitrogen and oxygen atoms in total. The fraction of sp³-hybridized carbons (Fsp3) is 0.474. The molecular formula is C19H25Cl3SiTi. The number of allylic oxidation sites excluding steroid dienone is 4. The van der Waals surface area contributed by atoms with E-state index in [0.717, 1.165) is 5.92 Å². The minimum Gasteiger partial charge on any atom is -1.00 e. The Morgan fingerprint density at radius 3 is 2.21 bits per heavy atom. The van der Waals surface area contributed by atoms with Gasteiger partial charge in [0, 0.05) is 0 Å². The van der Waals surface area contributed by atoms with Crippen molar-refractivity contribution in [3.8, 4) is 0 Å². The van der Waals surface area contributed by atoms with Crippen LogP contribution < -0.4 is 42.4 Å². The number of rotatable bonds is 3.